The summed E-state index contributed by atoms with van der Waals surface area (Å²) in [5.41, 5.74) is 4.31. The largest absolute Gasteiger partial charge is 0.360 e. The number of fused-ring (bicyclic) bond motifs is 1. The second-order valence-corrected chi connectivity index (χ2v) is 4.34. The van der Waals surface area contributed by atoms with Crippen LogP contribution in [0.2, 0.25) is 0 Å². The Morgan fingerprint density at radius 2 is 2.12 bits per heavy atom. The molecule has 0 radical (unpaired) electrons. The van der Waals surface area contributed by atoms with Gasteiger partial charge in [0.05, 0.1) is 6.54 Å². The van der Waals surface area contributed by atoms with E-state index in [1.165, 1.54) is 11.1 Å². The number of nitrogens with one attached hydrogen (secondary N) is 2. The minimum Gasteiger partial charge on any atom is -0.360 e. The van der Waals surface area contributed by atoms with Gasteiger partial charge in [-0.2, -0.15) is 0 Å². The molecule has 0 aliphatic rings. The van der Waals surface area contributed by atoms with E-state index in [0.717, 1.165) is 23.0 Å². The first-order valence-electron chi connectivity index (χ1n) is 5.96. The summed E-state index contributed by atoms with van der Waals surface area (Å²) < 4.78 is 0. The molecule has 0 saturated carbocycles. The Labute approximate surface area is 101 Å². The highest BCUT2D eigenvalue weighted by Crippen LogP contribution is 2.23. The van der Waals surface area contributed by atoms with Crippen molar-refractivity contribution in [2.75, 3.05) is 13.1 Å². The Hall–Kier alpha value is -1.61. The van der Waals surface area contributed by atoms with Crippen molar-refractivity contribution < 1.29 is 4.79 Å². The zero-order valence-electron chi connectivity index (χ0n) is 10.6. The summed E-state index contributed by atoms with van der Waals surface area (Å²) in [5, 5.41) is 4.09. The molecule has 0 saturated heterocycles. The standard InChI is InChI=1S/C14H18N2O/c1-4-15-8-13(17)12-7-16-14-10(3)9(2)5-6-11(12)14/h5-7,15-16H,4,8H2,1-3H3. The van der Waals surface area contributed by atoms with Crippen LogP contribution >= 0.6 is 0 Å². The van der Waals surface area contributed by atoms with Crippen molar-refractivity contribution in [2.45, 2.75) is 20.8 Å². The molecule has 0 atom stereocenters. The molecule has 1 aromatic heterocycles. The Morgan fingerprint density at radius 1 is 1.35 bits per heavy atom. The van der Waals surface area contributed by atoms with Crippen LogP contribution in [0.4, 0.5) is 0 Å². The van der Waals surface area contributed by atoms with Gasteiger partial charge < -0.3 is 10.3 Å². The van der Waals surface area contributed by atoms with Crippen LogP contribution in [0.15, 0.2) is 18.3 Å². The molecular weight excluding hydrogens is 212 g/mol. The Bertz CT molecular complexity index is 555. The SMILES string of the molecule is CCNCC(=O)c1c[nH]c2c(C)c(C)ccc12. The Balaban J connectivity index is 2.43. The molecule has 0 spiro atoms. The fourth-order valence-electron chi connectivity index (χ4n) is 2.01. The Kier molecular flexibility index (Phi) is 3.29. The quantitative estimate of drug-likeness (QED) is 0.793. The van der Waals surface area contributed by atoms with Crippen molar-refractivity contribution in [3.8, 4) is 0 Å². The molecule has 2 rings (SSSR count). The van der Waals surface area contributed by atoms with Crippen LogP contribution in [0.1, 0.15) is 28.4 Å². The smallest absolute Gasteiger partial charge is 0.178 e. The van der Waals surface area contributed by atoms with Gasteiger partial charge in [-0.1, -0.05) is 19.1 Å². The van der Waals surface area contributed by atoms with Crippen LogP contribution < -0.4 is 5.32 Å². The number of benzene rings is 1. The normalized spacial score (nSPS) is 11.0. The van der Waals surface area contributed by atoms with Gasteiger partial charge >= 0.3 is 0 Å². The van der Waals surface area contributed by atoms with Crippen LogP contribution in [-0.2, 0) is 0 Å². The molecule has 2 N–H and O–H groups in total. The number of ketones is 1. The predicted octanol–water partition coefficient (Wildman–Crippen LogP) is 2.58. The molecule has 2 aromatic rings. The summed E-state index contributed by atoms with van der Waals surface area (Å²) in [6, 6.07) is 4.09. The van der Waals surface area contributed by atoms with E-state index < -0.39 is 0 Å². The number of Topliss-reactive ketones (excluding diaryl/α,β-unsaturated/α-hetero) is 1. The maximum Gasteiger partial charge on any atom is 0.178 e. The Morgan fingerprint density at radius 3 is 2.82 bits per heavy atom. The summed E-state index contributed by atoms with van der Waals surface area (Å²) in [6.45, 7) is 7.36. The zero-order valence-corrected chi connectivity index (χ0v) is 10.6. The van der Waals surface area contributed by atoms with Crippen molar-refractivity contribution >= 4 is 16.7 Å². The first kappa shape index (κ1) is 11.9. The first-order chi connectivity index (χ1) is 8.15. The third kappa shape index (κ3) is 2.11. The number of carbonyl (C=O) groups excluding carboxylic acids is 1. The molecule has 0 fully saturated rings. The third-order valence-electron chi connectivity index (χ3n) is 3.22. The molecule has 3 nitrogen and oxygen atoms in total. The highest BCUT2D eigenvalue weighted by atomic mass is 16.1. The third-order valence-corrected chi connectivity index (χ3v) is 3.22. The van der Waals surface area contributed by atoms with Gasteiger partial charge in [0.25, 0.3) is 0 Å². The number of carbonyl (C=O) groups is 1. The molecule has 90 valence electrons. The highest BCUT2D eigenvalue weighted by molar-refractivity contribution is 6.09. The van der Waals surface area contributed by atoms with Crippen LogP contribution in [0.25, 0.3) is 10.9 Å². The monoisotopic (exact) mass is 230 g/mol. The maximum absolute atomic E-state index is 12.0. The van der Waals surface area contributed by atoms with Crippen molar-refractivity contribution in [2.24, 2.45) is 0 Å². The minimum atomic E-state index is 0.140. The number of hydrogen-bond acceptors (Lipinski definition) is 2. The molecule has 0 unspecified atom stereocenters. The lowest BCUT2D eigenvalue weighted by Gasteiger charge is -2.03. The topological polar surface area (TPSA) is 44.9 Å². The number of hydrogen-bond donors (Lipinski definition) is 2. The van der Waals surface area contributed by atoms with Crippen LogP contribution in [-0.4, -0.2) is 23.9 Å². The average molecular weight is 230 g/mol. The first-order valence-corrected chi connectivity index (χ1v) is 5.96. The number of rotatable bonds is 4. The van der Waals surface area contributed by atoms with E-state index in [1.54, 1.807) is 0 Å². The summed E-state index contributed by atoms with van der Waals surface area (Å²) >= 11 is 0. The lowest BCUT2D eigenvalue weighted by molar-refractivity contribution is 0.0993. The molecule has 0 aliphatic carbocycles. The summed E-state index contributed by atoms with van der Waals surface area (Å²) in [6.07, 6.45) is 1.82. The molecule has 1 heterocycles. The molecular formula is C14H18N2O. The lowest BCUT2D eigenvalue weighted by atomic mass is 10.0. The number of aryl methyl sites for hydroxylation is 2. The van der Waals surface area contributed by atoms with Crippen molar-refractivity contribution in [1.29, 1.82) is 0 Å². The number of aromatic nitrogens is 1. The number of likely N-dealkylation sites (N-methyl/N-ethyl adjacent to an activating group) is 1. The van der Waals surface area contributed by atoms with E-state index in [2.05, 4.69) is 30.2 Å². The maximum atomic E-state index is 12.0. The highest BCUT2D eigenvalue weighted by Gasteiger charge is 2.12. The van der Waals surface area contributed by atoms with Gasteiger partial charge in [0, 0.05) is 22.7 Å². The summed E-state index contributed by atoms with van der Waals surface area (Å²) in [4.78, 5) is 15.2. The van der Waals surface area contributed by atoms with Gasteiger partial charge in [-0.15, -0.1) is 0 Å². The number of aromatic amines is 1. The van der Waals surface area contributed by atoms with Gasteiger partial charge in [-0.05, 0) is 31.5 Å². The fraction of sp³-hybridized carbons (Fsp3) is 0.357. The zero-order chi connectivity index (χ0) is 12.4. The lowest BCUT2D eigenvalue weighted by Crippen LogP contribution is -2.22. The van der Waals surface area contributed by atoms with Crippen LogP contribution in [0.3, 0.4) is 0 Å². The minimum absolute atomic E-state index is 0.140. The second kappa shape index (κ2) is 4.72. The number of H-pyrrole nitrogens is 1. The van der Waals surface area contributed by atoms with E-state index in [9.17, 15) is 4.79 Å². The average Bonchev–Trinajstić information content (AvgIpc) is 2.75. The summed E-state index contributed by atoms with van der Waals surface area (Å²) in [5.74, 6) is 0.140. The van der Waals surface area contributed by atoms with Gasteiger partial charge in [-0.3, -0.25) is 4.79 Å². The van der Waals surface area contributed by atoms with Gasteiger partial charge in [0.1, 0.15) is 0 Å². The van der Waals surface area contributed by atoms with Crippen molar-refractivity contribution in [3.63, 3.8) is 0 Å². The fourth-order valence-corrected chi connectivity index (χ4v) is 2.01. The molecule has 0 bridgehead atoms. The summed E-state index contributed by atoms with van der Waals surface area (Å²) in [7, 11) is 0. The molecule has 0 aliphatic heterocycles. The van der Waals surface area contributed by atoms with Crippen molar-refractivity contribution in [3.05, 3.63) is 35.0 Å². The molecule has 0 amide bonds. The van der Waals surface area contributed by atoms with E-state index >= 15 is 0 Å². The van der Waals surface area contributed by atoms with Gasteiger partial charge in [0.15, 0.2) is 5.78 Å². The molecule has 1 aromatic carbocycles. The van der Waals surface area contributed by atoms with Gasteiger partial charge in [-0.25, -0.2) is 0 Å². The van der Waals surface area contributed by atoms with E-state index in [4.69, 9.17) is 0 Å². The van der Waals surface area contributed by atoms with E-state index in [-0.39, 0.29) is 5.78 Å². The van der Waals surface area contributed by atoms with Crippen LogP contribution in [0.5, 0.6) is 0 Å². The predicted molar refractivity (Wildman–Crippen MR) is 70.6 cm³/mol. The molecule has 3 heteroatoms. The van der Waals surface area contributed by atoms with E-state index in [0.29, 0.717) is 6.54 Å². The second-order valence-electron chi connectivity index (χ2n) is 4.34. The molecule has 17 heavy (non-hydrogen) atoms. The van der Waals surface area contributed by atoms with E-state index in [1.807, 2.05) is 19.2 Å². The van der Waals surface area contributed by atoms with Crippen molar-refractivity contribution in [1.82, 2.24) is 10.3 Å². The van der Waals surface area contributed by atoms with Crippen LogP contribution in [0, 0.1) is 13.8 Å². The van der Waals surface area contributed by atoms with Gasteiger partial charge in [0.2, 0.25) is 0 Å².